The van der Waals surface area contributed by atoms with Crippen molar-refractivity contribution in [3.05, 3.63) is 18.6 Å². The molecule has 1 unspecified atom stereocenters. The van der Waals surface area contributed by atoms with Crippen LogP contribution in [0.25, 0.3) is 11.0 Å². The second-order valence-corrected chi connectivity index (χ2v) is 6.08. The minimum absolute atomic E-state index is 0.0827. The third kappa shape index (κ3) is 2.24. The molecule has 4 rings (SSSR count). The average Bonchev–Trinajstić information content (AvgIpc) is 3.02. The van der Waals surface area contributed by atoms with E-state index in [4.69, 9.17) is 0 Å². The van der Waals surface area contributed by atoms with Gasteiger partial charge < -0.3 is 14.8 Å². The number of aryl methyl sites for hydroxylation is 1. The van der Waals surface area contributed by atoms with Crippen molar-refractivity contribution in [2.45, 2.75) is 25.3 Å². The van der Waals surface area contributed by atoms with E-state index in [2.05, 4.69) is 20.2 Å². The minimum atomic E-state index is 0.0827. The lowest BCUT2D eigenvalue weighted by atomic mass is 10.1. The first-order chi connectivity index (χ1) is 10.2. The van der Waals surface area contributed by atoms with Gasteiger partial charge in [0.15, 0.2) is 0 Å². The number of anilines is 1. The van der Waals surface area contributed by atoms with Gasteiger partial charge >= 0.3 is 0 Å². The van der Waals surface area contributed by atoms with E-state index in [1.807, 2.05) is 23.9 Å². The van der Waals surface area contributed by atoms with Gasteiger partial charge in [0, 0.05) is 32.4 Å². The van der Waals surface area contributed by atoms with E-state index in [-0.39, 0.29) is 11.8 Å². The topological polar surface area (TPSA) is 63.1 Å². The predicted octanol–water partition coefficient (Wildman–Crippen LogP) is 1.07. The largest absolute Gasteiger partial charge is 0.355 e. The number of nitrogens with zero attached hydrogens (tertiary/aromatic N) is 4. The summed E-state index contributed by atoms with van der Waals surface area (Å²) in [5.41, 5.74) is 0.936. The van der Waals surface area contributed by atoms with E-state index in [9.17, 15) is 4.79 Å². The van der Waals surface area contributed by atoms with Crippen LogP contribution >= 0.6 is 0 Å². The highest BCUT2D eigenvalue weighted by Crippen LogP contribution is 2.29. The second-order valence-electron chi connectivity index (χ2n) is 6.08. The molecule has 110 valence electrons. The van der Waals surface area contributed by atoms with Gasteiger partial charge in [0.05, 0.1) is 11.3 Å². The van der Waals surface area contributed by atoms with Gasteiger partial charge in [-0.25, -0.2) is 9.97 Å². The van der Waals surface area contributed by atoms with Gasteiger partial charge in [0.2, 0.25) is 5.91 Å². The molecule has 6 nitrogen and oxygen atoms in total. The van der Waals surface area contributed by atoms with Crippen molar-refractivity contribution in [3.8, 4) is 0 Å². The normalized spacial score (nSPS) is 22.0. The maximum atomic E-state index is 12.2. The molecule has 2 fully saturated rings. The van der Waals surface area contributed by atoms with Crippen LogP contribution in [-0.2, 0) is 11.8 Å². The maximum absolute atomic E-state index is 12.2. The molecule has 1 saturated carbocycles. The summed E-state index contributed by atoms with van der Waals surface area (Å²) in [7, 11) is 1.98. The fraction of sp³-hybridized carbons (Fsp3) is 0.533. The SMILES string of the molecule is Cn1ccc2c(N3CCC(C(=O)NC4CC4)C3)ncnc21. The molecular formula is C15H19N5O. The van der Waals surface area contributed by atoms with Crippen molar-refractivity contribution >= 4 is 22.8 Å². The molecule has 0 spiro atoms. The number of amides is 1. The lowest BCUT2D eigenvalue weighted by molar-refractivity contribution is -0.124. The number of hydrogen-bond donors (Lipinski definition) is 1. The Morgan fingerprint density at radius 2 is 2.19 bits per heavy atom. The minimum Gasteiger partial charge on any atom is -0.355 e. The van der Waals surface area contributed by atoms with Crippen molar-refractivity contribution in [3.63, 3.8) is 0 Å². The van der Waals surface area contributed by atoms with Crippen LogP contribution in [0.3, 0.4) is 0 Å². The number of rotatable bonds is 3. The van der Waals surface area contributed by atoms with Crippen LogP contribution in [0.2, 0.25) is 0 Å². The zero-order chi connectivity index (χ0) is 14.4. The molecule has 1 saturated heterocycles. The highest BCUT2D eigenvalue weighted by molar-refractivity contribution is 5.88. The van der Waals surface area contributed by atoms with Gasteiger partial charge in [-0.1, -0.05) is 0 Å². The maximum Gasteiger partial charge on any atom is 0.225 e. The molecule has 1 atom stereocenters. The molecule has 2 aliphatic rings. The first kappa shape index (κ1) is 12.6. The Hall–Kier alpha value is -2.11. The van der Waals surface area contributed by atoms with Gasteiger partial charge in [-0.05, 0) is 25.3 Å². The van der Waals surface area contributed by atoms with Crippen LogP contribution in [-0.4, -0.2) is 39.6 Å². The molecular weight excluding hydrogens is 266 g/mol. The first-order valence-corrected chi connectivity index (χ1v) is 7.54. The Morgan fingerprint density at radius 1 is 1.33 bits per heavy atom. The summed E-state index contributed by atoms with van der Waals surface area (Å²) >= 11 is 0. The van der Waals surface area contributed by atoms with Crippen LogP contribution in [0.5, 0.6) is 0 Å². The quantitative estimate of drug-likeness (QED) is 0.916. The lowest BCUT2D eigenvalue weighted by Crippen LogP contribution is -2.34. The molecule has 3 heterocycles. The van der Waals surface area contributed by atoms with Gasteiger partial charge in [0.25, 0.3) is 0 Å². The van der Waals surface area contributed by atoms with E-state index in [1.165, 1.54) is 0 Å². The fourth-order valence-electron chi connectivity index (χ4n) is 3.03. The Morgan fingerprint density at radius 3 is 3.00 bits per heavy atom. The standard InChI is InChI=1S/C15H19N5O/c1-19-6-5-12-13(19)16-9-17-14(12)20-7-4-10(8-20)15(21)18-11-2-3-11/h5-6,9-11H,2-4,7-8H2,1H3,(H,18,21). The Labute approximate surface area is 123 Å². The summed E-state index contributed by atoms with van der Waals surface area (Å²) < 4.78 is 1.99. The second kappa shape index (κ2) is 4.72. The van der Waals surface area contributed by atoms with Crippen molar-refractivity contribution in [2.24, 2.45) is 13.0 Å². The third-order valence-electron chi connectivity index (χ3n) is 4.42. The van der Waals surface area contributed by atoms with Crippen molar-refractivity contribution in [2.75, 3.05) is 18.0 Å². The number of fused-ring (bicyclic) bond motifs is 1. The molecule has 1 N–H and O–H groups in total. The Bertz CT molecular complexity index is 690. The molecule has 0 aromatic carbocycles. The van der Waals surface area contributed by atoms with Crippen LogP contribution in [0.1, 0.15) is 19.3 Å². The summed E-state index contributed by atoms with van der Waals surface area (Å²) in [4.78, 5) is 23.1. The van der Waals surface area contributed by atoms with Crippen LogP contribution in [0.15, 0.2) is 18.6 Å². The number of carbonyl (C=O) groups is 1. The fourth-order valence-corrected chi connectivity index (χ4v) is 3.03. The van der Waals surface area contributed by atoms with Crippen molar-refractivity contribution in [1.82, 2.24) is 19.9 Å². The summed E-state index contributed by atoms with van der Waals surface area (Å²) in [6.45, 7) is 1.63. The van der Waals surface area contributed by atoms with Crippen LogP contribution in [0, 0.1) is 5.92 Å². The third-order valence-corrected chi connectivity index (χ3v) is 4.42. The van der Waals surface area contributed by atoms with Crippen molar-refractivity contribution in [1.29, 1.82) is 0 Å². The zero-order valence-electron chi connectivity index (χ0n) is 12.1. The molecule has 2 aromatic heterocycles. The van der Waals surface area contributed by atoms with E-state index >= 15 is 0 Å². The molecule has 21 heavy (non-hydrogen) atoms. The first-order valence-electron chi connectivity index (χ1n) is 7.54. The van der Waals surface area contributed by atoms with Gasteiger partial charge in [-0.15, -0.1) is 0 Å². The predicted molar refractivity (Wildman–Crippen MR) is 80.0 cm³/mol. The molecule has 6 heteroatoms. The monoisotopic (exact) mass is 285 g/mol. The number of hydrogen-bond acceptors (Lipinski definition) is 4. The molecule has 0 bridgehead atoms. The van der Waals surface area contributed by atoms with Gasteiger partial charge in [-0.3, -0.25) is 4.79 Å². The molecule has 0 radical (unpaired) electrons. The molecule has 2 aromatic rings. The van der Waals surface area contributed by atoms with Crippen molar-refractivity contribution < 1.29 is 4.79 Å². The van der Waals surface area contributed by atoms with E-state index in [0.717, 1.165) is 49.2 Å². The number of carbonyl (C=O) groups excluding carboxylic acids is 1. The number of aromatic nitrogens is 3. The average molecular weight is 285 g/mol. The zero-order valence-corrected chi connectivity index (χ0v) is 12.1. The Balaban J connectivity index is 1.55. The summed E-state index contributed by atoms with van der Waals surface area (Å²) in [5.74, 6) is 1.24. The highest BCUT2D eigenvalue weighted by Gasteiger charge is 2.33. The van der Waals surface area contributed by atoms with E-state index < -0.39 is 0 Å². The van der Waals surface area contributed by atoms with E-state index in [0.29, 0.717) is 6.04 Å². The summed E-state index contributed by atoms with van der Waals surface area (Å²) in [5, 5.41) is 4.17. The molecule has 1 aliphatic heterocycles. The summed E-state index contributed by atoms with van der Waals surface area (Å²) in [6.07, 6.45) is 6.78. The van der Waals surface area contributed by atoms with Gasteiger partial charge in [0.1, 0.15) is 17.8 Å². The molecule has 1 amide bonds. The molecule has 1 aliphatic carbocycles. The van der Waals surface area contributed by atoms with Crippen LogP contribution < -0.4 is 10.2 Å². The highest BCUT2D eigenvalue weighted by atomic mass is 16.2. The number of nitrogens with one attached hydrogen (secondary N) is 1. The van der Waals surface area contributed by atoms with Gasteiger partial charge in [-0.2, -0.15) is 0 Å². The lowest BCUT2D eigenvalue weighted by Gasteiger charge is -2.18. The van der Waals surface area contributed by atoms with Crippen LogP contribution in [0.4, 0.5) is 5.82 Å². The van der Waals surface area contributed by atoms with E-state index in [1.54, 1.807) is 6.33 Å². The smallest absolute Gasteiger partial charge is 0.225 e. The summed E-state index contributed by atoms with van der Waals surface area (Å²) in [6, 6.07) is 2.48. The Kier molecular flexibility index (Phi) is 2.83.